The van der Waals surface area contributed by atoms with Crippen LogP contribution in [0.1, 0.15) is 15.9 Å². The minimum atomic E-state index is -0.314. The summed E-state index contributed by atoms with van der Waals surface area (Å²) >= 11 is 0. The Labute approximate surface area is 88.4 Å². The molecular weight excluding hydrogens is 194 g/mol. The molecule has 0 fully saturated rings. The fourth-order valence-electron chi connectivity index (χ4n) is 1.60. The third-order valence-corrected chi connectivity index (χ3v) is 2.36. The molecule has 2 rings (SSSR count). The van der Waals surface area contributed by atoms with E-state index in [4.69, 9.17) is 4.74 Å². The minimum Gasteiger partial charge on any atom is -0.478 e. The van der Waals surface area contributed by atoms with E-state index in [1.54, 1.807) is 6.07 Å². The molecule has 0 atom stereocenters. The van der Waals surface area contributed by atoms with Gasteiger partial charge in [0.05, 0.1) is 12.7 Å². The van der Waals surface area contributed by atoms with E-state index in [0.717, 1.165) is 17.9 Å². The second-order valence-electron chi connectivity index (χ2n) is 3.60. The van der Waals surface area contributed by atoms with Gasteiger partial charge in [-0.2, -0.15) is 0 Å². The SMILES string of the molecule is COC(=O)c1ccc2c(c1)CN(C)CO2. The number of carbonyl (C=O) groups is 1. The molecule has 1 heterocycles. The average molecular weight is 207 g/mol. The summed E-state index contributed by atoms with van der Waals surface area (Å²) in [7, 11) is 3.35. The van der Waals surface area contributed by atoms with Crippen molar-refractivity contribution in [3.8, 4) is 5.75 Å². The number of hydrogen-bond donors (Lipinski definition) is 0. The van der Waals surface area contributed by atoms with Gasteiger partial charge in [-0.15, -0.1) is 0 Å². The lowest BCUT2D eigenvalue weighted by Gasteiger charge is -2.25. The molecule has 0 radical (unpaired) electrons. The van der Waals surface area contributed by atoms with Crippen LogP contribution in [0.2, 0.25) is 0 Å². The summed E-state index contributed by atoms with van der Waals surface area (Å²) in [4.78, 5) is 13.3. The van der Waals surface area contributed by atoms with Crippen LogP contribution in [0.25, 0.3) is 0 Å². The van der Waals surface area contributed by atoms with Crippen LogP contribution in [0, 0.1) is 0 Å². The summed E-state index contributed by atoms with van der Waals surface area (Å²) in [5, 5.41) is 0. The Morgan fingerprint density at radius 2 is 2.33 bits per heavy atom. The Hall–Kier alpha value is -1.55. The van der Waals surface area contributed by atoms with Gasteiger partial charge in [0, 0.05) is 12.1 Å². The van der Waals surface area contributed by atoms with Crippen molar-refractivity contribution in [2.45, 2.75) is 6.54 Å². The molecule has 0 amide bonds. The molecule has 0 unspecified atom stereocenters. The number of ether oxygens (including phenoxy) is 2. The molecule has 80 valence electrons. The van der Waals surface area contributed by atoms with Gasteiger partial charge in [-0.25, -0.2) is 4.79 Å². The Balaban J connectivity index is 2.32. The van der Waals surface area contributed by atoms with Crippen LogP contribution in [0.4, 0.5) is 0 Å². The molecule has 1 aromatic rings. The third kappa shape index (κ3) is 1.94. The van der Waals surface area contributed by atoms with Crippen LogP contribution < -0.4 is 4.74 Å². The molecule has 0 N–H and O–H groups in total. The number of esters is 1. The molecule has 0 spiro atoms. The summed E-state index contributed by atoms with van der Waals surface area (Å²) in [6, 6.07) is 5.35. The summed E-state index contributed by atoms with van der Waals surface area (Å²) < 4.78 is 10.1. The topological polar surface area (TPSA) is 38.8 Å². The van der Waals surface area contributed by atoms with E-state index in [1.807, 2.05) is 24.1 Å². The van der Waals surface area contributed by atoms with Crippen LogP contribution in [-0.2, 0) is 11.3 Å². The molecule has 0 aliphatic carbocycles. The maximum atomic E-state index is 11.3. The molecule has 0 bridgehead atoms. The number of fused-ring (bicyclic) bond motifs is 1. The van der Waals surface area contributed by atoms with E-state index < -0.39 is 0 Å². The Morgan fingerprint density at radius 1 is 1.53 bits per heavy atom. The summed E-state index contributed by atoms with van der Waals surface area (Å²) in [6.45, 7) is 1.38. The summed E-state index contributed by atoms with van der Waals surface area (Å²) in [5.74, 6) is 0.534. The highest BCUT2D eigenvalue weighted by Gasteiger charge is 2.16. The van der Waals surface area contributed by atoms with Crippen LogP contribution in [0.5, 0.6) is 5.75 Å². The predicted molar refractivity (Wildman–Crippen MR) is 54.7 cm³/mol. The fraction of sp³-hybridized carbons (Fsp3) is 0.364. The zero-order valence-electron chi connectivity index (χ0n) is 8.82. The standard InChI is InChI=1S/C11H13NO3/c1-12-6-9-5-8(11(13)14-2)3-4-10(9)15-7-12/h3-5H,6-7H2,1-2H3. The van der Waals surface area contributed by atoms with Gasteiger partial charge in [-0.1, -0.05) is 0 Å². The van der Waals surface area contributed by atoms with E-state index in [2.05, 4.69) is 4.74 Å². The average Bonchev–Trinajstić information content (AvgIpc) is 2.27. The Kier molecular flexibility index (Phi) is 2.60. The van der Waals surface area contributed by atoms with Gasteiger partial charge >= 0.3 is 5.97 Å². The van der Waals surface area contributed by atoms with Crippen molar-refractivity contribution in [1.82, 2.24) is 4.90 Å². The van der Waals surface area contributed by atoms with Gasteiger partial charge in [0.25, 0.3) is 0 Å². The Morgan fingerprint density at radius 3 is 3.07 bits per heavy atom. The molecule has 1 aromatic carbocycles. The van der Waals surface area contributed by atoms with Crippen molar-refractivity contribution in [3.05, 3.63) is 29.3 Å². The minimum absolute atomic E-state index is 0.314. The number of benzene rings is 1. The summed E-state index contributed by atoms with van der Waals surface area (Å²) in [6.07, 6.45) is 0. The van der Waals surface area contributed by atoms with Gasteiger partial charge in [0.1, 0.15) is 12.5 Å². The molecule has 1 aliphatic heterocycles. The smallest absolute Gasteiger partial charge is 0.337 e. The van der Waals surface area contributed by atoms with Gasteiger partial charge in [-0.05, 0) is 25.2 Å². The first-order valence-electron chi connectivity index (χ1n) is 4.73. The van der Waals surface area contributed by atoms with Crippen LogP contribution in [0.15, 0.2) is 18.2 Å². The van der Waals surface area contributed by atoms with Gasteiger partial charge < -0.3 is 9.47 Å². The van der Waals surface area contributed by atoms with E-state index in [-0.39, 0.29) is 5.97 Å². The second-order valence-corrected chi connectivity index (χ2v) is 3.60. The molecule has 4 nitrogen and oxygen atoms in total. The van der Waals surface area contributed by atoms with E-state index in [9.17, 15) is 4.79 Å². The van der Waals surface area contributed by atoms with Crippen molar-refractivity contribution in [1.29, 1.82) is 0 Å². The fourth-order valence-corrected chi connectivity index (χ4v) is 1.60. The van der Waals surface area contributed by atoms with Crippen molar-refractivity contribution < 1.29 is 14.3 Å². The highest BCUT2D eigenvalue weighted by Crippen LogP contribution is 2.25. The van der Waals surface area contributed by atoms with Crippen molar-refractivity contribution in [2.75, 3.05) is 20.9 Å². The zero-order valence-corrected chi connectivity index (χ0v) is 8.82. The molecule has 0 saturated heterocycles. The monoisotopic (exact) mass is 207 g/mol. The van der Waals surface area contributed by atoms with Crippen molar-refractivity contribution in [3.63, 3.8) is 0 Å². The molecule has 0 saturated carbocycles. The highest BCUT2D eigenvalue weighted by atomic mass is 16.5. The largest absolute Gasteiger partial charge is 0.478 e. The lowest BCUT2D eigenvalue weighted by molar-refractivity contribution is 0.0599. The van der Waals surface area contributed by atoms with Crippen LogP contribution >= 0.6 is 0 Å². The van der Waals surface area contributed by atoms with E-state index in [0.29, 0.717) is 12.3 Å². The van der Waals surface area contributed by atoms with Crippen molar-refractivity contribution >= 4 is 5.97 Å². The lowest BCUT2D eigenvalue weighted by Crippen LogP contribution is -2.28. The summed E-state index contributed by atoms with van der Waals surface area (Å²) in [5.41, 5.74) is 1.59. The number of methoxy groups -OCH3 is 1. The number of nitrogens with zero attached hydrogens (tertiary/aromatic N) is 1. The van der Waals surface area contributed by atoms with Crippen molar-refractivity contribution in [2.24, 2.45) is 0 Å². The van der Waals surface area contributed by atoms with Crippen LogP contribution in [0.3, 0.4) is 0 Å². The number of hydrogen-bond acceptors (Lipinski definition) is 4. The molecule has 15 heavy (non-hydrogen) atoms. The van der Waals surface area contributed by atoms with Crippen LogP contribution in [-0.4, -0.2) is 31.8 Å². The van der Waals surface area contributed by atoms with Gasteiger partial charge in [-0.3, -0.25) is 4.90 Å². The first-order chi connectivity index (χ1) is 7.20. The zero-order chi connectivity index (χ0) is 10.8. The number of carbonyl (C=O) groups excluding carboxylic acids is 1. The van der Waals surface area contributed by atoms with Gasteiger partial charge in [0.2, 0.25) is 0 Å². The molecule has 0 aromatic heterocycles. The maximum absolute atomic E-state index is 11.3. The quantitative estimate of drug-likeness (QED) is 0.650. The van der Waals surface area contributed by atoms with E-state index >= 15 is 0 Å². The number of rotatable bonds is 1. The third-order valence-electron chi connectivity index (χ3n) is 2.36. The molecule has 4 heteroatoms. The Bertz CT molecular complexity index is 389. The normalized spacial score (nSPS) is 15.3. The molecule has 1 aliphatic rings. The first-order valence-corrected chi connectivity index (χ1v) is 4.73. The van der Waals surface area contributed by atoms with E-state index in [1.165, 1.54) is 7.11 Å². The first kappa shape index (κ1) is 9.98. The second kappa shape index (κ2) is 3.90. The predicted octanol–water partition coefficient (Wildman–Crippen LogP) is 1.25. The highest BCUT2D eigenvalue weighted by molar-refractivity contribution is 5.89. The van der Waals surface area contributed by atoms with Gasteiger partial charge in [0.15, 0.2) is 0 Å². The molecular formula is C11H13NO3. The maximum Gasteiger partial charge on any atom is 0.337 e. The lowest BCUT2D eigenvalue weighted by atomic mass is 10.1.